The first-order valence-electron chi connectivity index (χ1n) is 10.7. The van der Waals surface area contributed by atoms with Gasteiger partial charge in [0.2, 0.25) is 5.91 Å². The number of aromatic nitrogens is 2. The number of carbonyl (C=O) groups excluding carboxylic acids is 1. The van der Waals surface area contributed by atoms with Crippen molar-refractivity contribution < 1.29 is 13.2 Å². The van der Waals surface area contributed by atoms with Gasteiger partial charge in [0.05, 0.1) is 42.2 Å². The van der Waals surface area contributed by atoms with Crippen LogP contribution in [0.2, 0.25) is 0 Å². The maximum atomic E-state index is 13.3. The minimum absolute atomic E-state index is 0.106. The molecule has 1 unspecified atom stereocenters. The summed E-state index contributed by atoms with van der Waals surface area (Å²) in [5.41, 5.74) is 2.75. The highest BCUT2D eigenvalue weighted by Gasteiger charge is 2.36. The van der Waals surface area contributed by atoms with Gasteiger partial charge in [-0.15, -0.1) is 0 Å². The number of rotatable bonds is 6. The smallest absolute Gasteiger partial charge is 0.241 e. The summed E-state index contributed by atoms with van der Waals surface area (Å²) in [4.78, 5) is 14.6. The molecule has 1 atom stereocenters. The Morgan fingerprint density at radius 3 is 2.50 bits per heavy atom. The van der Waals surface area contributed by atoms with Crippen molar-refractivity contribution in [2.45, 2.75) is 19.5 Å². The molecule has 1 aliphatic rings. The molecule has 0 bridgehead atoms. The lowest BCUT2D eigenvalue weighted by Crippen LogP contribution is -2.40. The molecule has 9 nitrogen and oxygen atoms in total. The molecule has 4 rings (SSSR count). The molecule has 3 aromatic rings. The van der Waals surface area contributed by atoms with Crippen molar-refractivity contribution >= 4 is 21.6 Å². The van der Waals surface area contributed by atoms with Crippen LogP contribution in [0.4, 0.5) is 5.82 Å². The summed E-state index contributed by atoms with van der Waals surface area (Å²) in [5.74, 6) is -0.399. The summed E-state index contributed by atoms with van der Waals surface area (Å²) in [7, 11) is -3.37. The van der Waals surface area contributed by atoms with E-state index in [1.54, 1.807) is 35.9 Å². The quantitative estimate of drug-likeness (QED) is 0.533. The third-order valence-electron chi connectivity index (χ3n) is 5.79. The van der Waals surface area contributed by atoms with Gasteiger partial charge in [-0.25, -0.2) is 13.1 Å². The normalized spacial score (nSPS) is 16.7. The van der Waals surface area contributed by atoms with Gasteiger partial charge in [-0.05, 0) is 24.1 Å². The molecular formula is C24H24N5O4S-. The number of sulfone groups is 1. The third kappa shape index (κ3) is 4.72. The third-order valence-corrected chi connectivity index (χ3v) is 6.72. The lowest BCUT2D eigenvalue weighted by molar-refractivity contribution is -0.119. The maximum absolute atomic E-state index is 13.3. The molecule has 34 heavy (non-hydrogen) atoms. The number of hydrogen-bond donors (Lipinski definition) is 0. The van der Waals surface area contributed by atoms with Crippen LogP contribution in [0, 0.1) is 23.5 Å². The Kier molecular flexibility index (Phi) is 6.52. The van der Waals surface area contributed by atoms with Crippen molar-refractivity contribution in [2.24, 2.45) is 0 Å². The minimum Gasteiger partial charge on any atom is -0.784 e. The molecular weight excluding hydrogens is 454 g/mol. The molecule has 176 valence electrons. The average molecular weight is 479 g/mol. The highest BCUT2D eigenvalue weighted by molar-refractivity contribution is 7.90. The van der Waals surface area contributed by atoms with Crippen molar-refractivity contribution in [3.63, 3.8) is 0 Å². The van der Waals surface area contributed by atoms with Crippen LogP contribution in [-0.4, -0.2) is 54.3 Å². The predicted octanol–water partition coefficient (Wildman–Crippen LogP) is 2.39. The van der Waals surface area contributed by atoms with Crippen LogP contribution in [0.25, 0.3) is 0 Å². The van der Waals surface area contributed by atoms with E-state index in [4.69, 9.17) is 0 Å². The number of aryl methyl sites for hydroxylation is 1. The number of hydroxylamine groups is 2. The van der Waals surface area contributed by atoms with Crippen molar-refractivity contribution in [1.29, 1.82) is 5.26 Å². The molecule has 1 amide bonds. The van der Waals surface area contributed by atoms with E-state index in [1.807, 2.05) is 30.3 Å². The van der Waals surface area contributed by atoms with Crippen molar-refractivity contribution in [3.8, 4) is 6.07 Å². The van der Waals surface area contributed by atoms with E-state index in [2.05, 4.69) is 11.2 Å². The Bertz CT molecular complexity index is 1360. The maximum Gasteiger partial charge on any atom is 0.241 e. The lowest BCUT2D eigenvalue weighted by atomic mass is 9.94. The number of nitrogens with zero attached hydrogens (tertiary/aromatic N) is 5. The Hall–Kier alpha value is -3.52. The second-order valence-corrected chi connectivity index (χ2v) is 10.6. The minimum atomic E-state index is -3.37. The van der Waals surface area contributed by atoms with E-state index in [-0.39, 0.29) is 12.3 Å². The van der Waals surface area contributed by atoms with Gasteiger partial charge in [-0.3, -0.25) is 9.69 Å². The van der Waals surface area contributed by atoms with Crippen molar-refractivity contribution in [3.05, 3.63) is 87.8 Å². The van der Waals surface area contributed by atoms with Crippen LogP contribution in [0.3, 0.4) is 0 Å². The van der Waals surface area contributed by atoms with Gasteiger partial charge in [-0.1, -0.05) is 48.5 Å². The van der Waals surface area contributed by atoms with E-state index in [0.29, 0.717) is 39.8 Å². The molecule has 0 aliphatic carbocycles. The van der Waals surface area contributed by atoms with E-state index < -0.39 is 28.3 Å². The number of hydrogen-bond acceptors (Lipinski definition) is 7. The van der Waals surface area contributed by atoms with Gasteiger partial charge in [-0.2, -0.15) is 10.4 Å². The van der Waals surface area contributed by atoms with Gasteiger partial charge in [0.25, 0.3) is 0 Å². The molecule has 0 fully saturated rings. The first-order valence-corrected chi connectivity index (χ1v) is 12.8. The van der Waals surface area contributed by atoms with Gasteiger partial charge >= 0.3 is 0 Å². The Morgan fingerprint density at radius 2 is 1.82 bits per heavy atom. The summed E-state index contributed by atoms with van der Waals surface area (Å²) < 4.78 is 25.5. The van der Waals surface area contributed by atoms with Crippen LogP contribution >= 0.6 is 0 Å². The van der Waals surface area contributed by atoms with Crippen LogP contribution in [-0.2, 0) is 21.2 Å². The fourth-order valence-electron chi connectivity index (χ4n) is 4.26. The van der Waals surface area contributed by atoms with Gasteiger partial charge < -0.3 is 10.3 Å². The SMILES string of the molecule is Cc1nn(Cc2ccccc2)c2c1C(c1ccccc1C#N)N([O-])CC(=O)N2CCS(C)(=O)=O. The zero-order valence-corrected chi connectivity index (χ0v) is 19.7. The van der Waals surface area contributed by atoms with E-state index >= 15 is 0 Å². The molecule has 0 saturated heterocycles. The highest BCUT2D eigenvalue weighted by Crippen LogP contribution is 2.41. The monoisotopic (exact) mass is 478 g/mol. The molecule has 0 N–H and O–H groups in total. The second-order valence-electron chi connectivity index (χ2n) is 8.32. The molecule has 1 aromatic heterocycles. The molecule has 2 heterocycles. The Morgan fingerprint density at radius 1 is 1.15 bits per heavy atom. The van der Waals surface area contributed by atoms with Gasteiger partial charge in [0.1, 0.15) is 15.7 Å². The predicted molar refractivity (Wildman–Crippen MR) is 128 cm³/mol. The van der Waals surface area contributed by atoms with Gasteiger partial charge in [0, 0.05) is 18.4 Å². The highest BCUT2D eigenvalue weighted by atomic mass is 32.2. The second kappa shape index (κ2) is 9.38. The fraction of sp³-hybridized carbons (Fsp3) is 0.292. The van der Waals surface area contributed by atoms with E-state index in [1.165, 1.54) is 4.90 Å². The van der Waals surface area contributed by atoms with Crippen molar-refractivity contribution in [2.75, 3.05) is 30.0 Å². The number of benzene rings is 2. The van der Waals surface area contributed by atoms with E-state index in [0.717, 1.165) is 11.8 Å². The zero-order valence-electron chi connectivity index (χ0n) is 18.9. The number of anilines is 1. The summed E-state index contributed by atoms with van der Waals surface area (Å²) in [5, 5.41) is 28.3. The van der Waals surface area contributed by atoms with Gasteiger partial charge in [0.15, 0.2) is 0 Å². The summed E-state index contributed by atoms with van der Waals surface area (Å²) >= 11 is 0. The molecule has 10 heteroatoms. The Labute approximate surface area is 198 Å². The molecule has 1 aliphatic heterocycles. The van der Waals surface area contributed by atoms with Crippen LogP contribution < -0.4 is 4.90 Å². The molecule has 0 radical (unpaired) electrons. The van der Waals surface area contributed by atoms with Crippen molar-refractivity contribution in [1.82, 2.24) is 14.8 Å². The zero-order chi connectivity index (χ0) is 24.5. The molecule has 2 aromatic carbocycles. The Balaban J connectivity index is 1.93. The fourth-order valence-corrected chi connectivity index (χ4v) is 4.78. The van der Waals surface area contributed by atoms with Crippen LogP contribution in [0.15, 0.2) is 54.6 Å². The van der Waals surface area contributed by atoms with Crippen LogP contribution in [0.5, 0.6) is 0 Å². The largest absolute Gasteiger partial charge is 0.784 e. The van der Waals surface area contributed by atoms with E-state index in [9.17, 15) is 23.7 Å². The summed E-state index contributed by atoms with van der Waals surface area (Å²) in [6, 6.07) is 17.5. The topological polar surface area (TPSA) is 122 Å². The summed E-state index contributed by atoms with van der Waals surface area (Å²) in [6.07, 6.45) is 1.11. The number of fused-ring (bicyclic) bond motifs is 1. The molecule has 0 saturated carbocycles. The summed E-state index contributed by atoms with van der Waals surface area (Å²) in [6.45, 7) is 1.49. The first kappa shape index (κ1) is 23.6. The molecule has 0 spiro atoms. The average Bonchev–Trinajstić information content (AvgIpc) is 3.03. The van der Waals surface area contributed by atoms with Crippen LogP contribution in [0.1, 0.15) is 34.0 Å². The number of carbonyl (C=O) groups is 1. The standard InChI is InChI=1S/C24H24N5O4S/c1-17-22-23(20-11-7-6-10-19(20)14-25)29(31)16-21(30)27(12-13-34(2,32)33)24(22)28(26-17)15-18-8-4-3-5-9-18/h3-11,23H,12-13,15-16H2,1-2H3/q-1. The number of amides is 1. The lowest BCUT2D eigenvalue weighted by Gasteiger charge is -2.35. The number of nitriles is 1. The first-order chi connectivity index (χ1) is 16.2.